The van der Waals surface area contributed by atoms with E-state index in [0.717, 1.165) is 63.4 Å². The molecule has 3 nitrogen and oxygen atoms in total. The molecule has 1 saturated carbocycles. The van der Waals surface area contributed by atoms with Crippen molar-refractivity contribution in [3.05, 3.63) is 34.9 Å². The van der Waals surface area contributed by atoms with Gasteiger partial charge in [-0.25, -0.2) is 0 Å². The van der Waals surface area contributed by atoms with Crippen LogP contribution in [0.4, 0.5) is 0 Å². The lowest BCUT2D eigenvalue weighted by molar-refractivity contribution is -0.0337. The smallest absolute Gasteiger partial charge is 0.0728 e. The van der Waals surface area contributed by atoms with Crippen LogP contribution < -0.4 is 0 Å². The Morgan fingerprint density at radius 2 is 1.72 bits per heavy atom. The molecule has 1 heterocycles. The fourth-order valence-electron chi connectivity index (χ4n) is 4.11. The maximum Gasteiger partial charge on any atom is 0.0728 e. The van der Waals surface area contributed by atoms with E-state index in [1.54, 1.807) is 0 Å². The zero-order valence-electron chi connectivity index (χ0n) is 15.0. The minimum Gasteiger partial charge on any atom is -0.389 e. The zero-order valence-corrected chi connectivity index (χ0v) is 17.4. The van der Waals surface area contributed by atoms with Crippen molar-refractivity contribution in [2.24, 2.45) is 0 Å². The molecule has 0 unspecified atom stereocenters. The largest absolute Gasteiger partial charge is 0.389 e. The van der Waals surface area contributed by atoms with E-state index in [0.29, 0.717) is 0 Å². The van der Waals surface area contributed by atoms with Gasteiger partial charge in [-0.05, 0) is 37.6 Å². The average Bonchev–Trinajstić information content (AvgIpc) is 2.55. The highest BCUT2D eigenvalue weighted by Crippen LogP contribution is 2.41. The van der Waals surface area contributed by atoms with Gasteiger partial charge in [0.25, 0.3) is 0 Å². The Labute approximate surface area is 169 Å². The van der Waals surface area contributed by atoms with Crippen LogP contribution in [0.25, 0.3) is 0 Å². The van der Waals surface area contributed by atoms with Crippen LogP contribution in [0.5, 0.6) is 0 Å². The molecule has 25 heavy (non-hydrogen) atoms. The predicted octanol–water partition coefficient (Wildman–Crippen LogP) is 4.21. The highest BCUT2D eigenvalue weighted by Gasteiger charge is 2.39. The van der Waals surface area contributed by atoms with Crippen LogP contribution in [0.1, 0.15) is 43.6 Å². The lowest BCUT2D eigenvalue weighted by Crippen LogP contribution is -2.50. The maximum atomic E-state index is 11.4. The van der Waals surface area contributed by atoms with Crippen LogP contribution in [0.2, 0.25) is 5.02 Å². The first-order valence-electron chi connectivity index (χ1n) is 8.96. The molecule has 0 bridgehead atoms. The molecule has 0 spiro atoms. The Balaban J connectivity index is 0.00000156. The summed E-state index contributed by atoms with van der Waals surface area (Å²) in [4.78, 5) is 4.89. The molecule has 1 N–H and O–H groups in total. The summed E-state index contributed by atoms with van der Waals surface area (Å²) in [6, 6.07) is 8.12. The molecule has 6 heteroatoms. The molecular formula is C19H31Cl3N2O. The van der Waals surface area contributed by atoms with E-state index < -0.39 is 5.60 Å². The van der Waals surface area contributed by atoms with Crippen LogP contribution in [0.15, 0.2) is 24.3 Å². The normalized spacial score (nSPS) is 22.5. The number of piperazine rings is 1. The van der Waals surface area contributed by atoms with Crippen LogP contribution in [-0.4, -0.2) is 60.3 Å². The van der Waals surface area contributed by atoms with Gasteiger partial charge in [0.1, 0.15) is 0 Å². The van der Waals surface area contributed by atoms with Gasteiger partial charge in [0.2, 0.25) is 0 Å². The first-order chi connectivity index (χ1) is 11.1. The number of hydrogen-bond donors (Lipinski definition) is 1. The van der Waals surface area contributed by atoms with Crippen molar-refractivity contribution in [2.45, 2.75) is 43.6 Å². The number of aliphatic hydroxyl groups is 1. The lowest BCUT2D eigenvalue weighted by atomic mass is 9.72. The third-order valence-electron chi connectivity index (χ3n) is 5.66. The number of benzene rings is 1. The maximum absolute atomic E-state index is 11.4. The first kappa shape index (κ1) is 23.0. The minimum absolute atomic E-state index is 0. The highest BCUT2D eigenvalue weighted by atomic mass is 35.5. The van der Waals surface area contributed by atoms with Crippen molar-refractivity contribution in [1.29, 1.82) is 0 Å². The number of nitrogens with zero attached hydrogens (tertiary/aromatic N) is 2. The predicted molar refractivity (Wildman–Crippen MR) is 111 cm³/mol. The van der Waals surface area contributed by atoms with E-state index >= 15 is 0 Å². The quantitative estimate of drug-likeness (QED) is 0.807. The fraction of sp³-hybridized carbons (Fsp3) is 0.684. The Hall–Kier alpha value is -0.0300. The second-order valence-corrected chi connectivity index (χ2v) is 7.81. The summed E-state index contributed by atoms with van der Waals surface area (Å²) in [7, 11) is 2.18. The van der Waals surface area contributed by atoms with Gasteiger partial charge in [-0.1, -0.05) is 43.0 Å². The molecule has 2 fully saturated rings. The Bertz CT molecular complexity index is 515. The van der Waals surface area contributed by atoms with Crippen molar-refractivity contribution in [2.75, 3.05) is 39.8 Å². The molecule has 0 amide bonds. The van der Waals surface area contributed by atoms with Crippen LogP contribution in [0, 0.1) is 0 Å². The van der Waals surface area contributed by atoms with Crippen molar-refractivity contribution < 1.29 is 5.11 Å². The van der Waals surface area contributed by atoms with Gasteiger partial charge in [0.05, 0.1) is 5.60 Å². The summed E-state index contributed by atoms with van der Waals surface area (Å²) in [5.41, 5.74) is 0.618. The molecule has 0 aromatic heterocycles. The third-order valence-corrected chi connectivity index (χ3v) is 5.89. The summed E-state index contributed by atoms with van der Waals surface area (Å²) in [6.45, 7) is 5.33. The zero-order chi connectivity index (χ0) is 16.3. The van der Waals surface area contributed by atoms with E-state index in [2.05, 4.69) is 29.0 Å². The number of halogens is 3. The number of likely N-dealkylation sites (N-methyl/N-ethyl adjacent to an activating group) is 1. The number of rotatable bonds is 4. The topological polar surface area (TPSA) is 26.7 Å². The van der Waals surface area contributed by atoms with Gasteiger partial charge >= 0.3 is 0 Å². The van der Waals surface area contributed by atoms with Crippen LogP contribution >= 0.6 is 36.4 Å². The van der Waals surface area contributed by atoms with E-state index in [9.17, 15) is 5.11 Å². The minimum atomic E-state index is -0.577. The molecule has 3 rings (SSSR count). The van der Waals surface area contributed by atoms with Crippen molar-refractivity contribution in [1.82, 2.24) is 9.80 Å². The molecule has 0 radical (unpaired) electrons. The average molecular weight is 410 g/mol. The van der Waals surface area contributed by atoms with Crippen LogP contribution in [-0.2, 0) is 0 Å². The standard InChI is InChI=1S/C19H29ClN2O.2ClH/c1-21-10-12-22(13-11-21)15-18(16-6-5-7-17(20)14-16)19(23)8-3-2-4-9-19;;/h5-7,14,18,23H,2-4,8-13,15H2,1H3;2*1H/t18-;;/m0../s1. The molecular weight excluding hydrogens is 379 g/mol. The molecule has 1 aromatic rings. The van der Waals surface area contributed by atoms with Gasteiger partial charge in [-0.3, -0.25) is 0 Å². The van der Waals surface area contributed by atoms with Gasteiger partial charge in [0, 0.05) is 43.7 Å². The van der Waals surface area contributed by atoms with Gasteiger partial charge in [-0.15, -0.1) is 24.8 Å². The van der Waals surface area contributed by atoms with Crippen molar-refractivity contribution in [3.63, 3.8) is 0 Å². The van der Waals surface area contributed by atoms with E-state index in [1.165, 1.54) is 12.0 Å². The summed E-state index contributed by atoms with van der Waals surface area (Å²) >= 11 is 6.23. The van der Waals surface area contributed by atoms with E-state index in [-0.39, 0.29) is 30.7 Å². The van der Waals surface area contributed by atoms with Crippen molar-refractivity contribution in [3.8, 4) is 0 Å². The molecule has 144 valence electrons. The summed E-state index contributed by atoms with van der Waals surface area (Å²) in [5, 5.41) is 12.1. The molecule has 1 aliphatic carbocycles. The van der Waals surface area contributed by atoms with Gasteiger partial charge in [0.15, 0.2) is 0 Å². The Kier molecular flexibility index (Phi) is 9.52. The van der Waals surface area contributed by atoms with Gasteiger partial charge < -0.3 is 14.9 Å². The number of hydrogen-bond acceptors (Lipinski definition) is 3. The summed E-state index contributed by atoms with van der Waals surface area (Å²) in [6.07, 6.45) is 5.35. The second-order valence-electron chi connectivity index (χ2n) is 7.38. The van der Waals surface area contributed by atoms with Crippen molar-refractivity contribution >= 4 is 36.4 Å². The molecule has 1 saturated heterocycles. The Morgan fingerprint density at radius 3 is 2.32 bits per heavy atom. The summed E-state index contributed by atoms with van der Waals surface area (Å²) < 4.78 is 0. The first-order valence-corrected chi connectivity index (χ1v) is 9.33. The fourth-order valence-corrected chi connectivity index (χ4v) is 4.31. The second kappa shape index (κ2) is 10.3. The highest BCUT2D eigenvalue weighted by molar-refractivity contribution is 6.30. The monoisotopic (exact) mass is 408 g/mol. The lowest BCUT2D eigenvalue weighted by Gasteiger charge is -2.43. The molecule has 2 aliphatic rings. The van der Waals surface area contributed by atoms with E-state index in [1.807, 2.05) is 12.1 Å². The molecule has 1 aromatic carbocycles. The van der Waals surface area contributed by atoms with Crippen LogP contribution in [0.3, 0.4) is 0 Å². The van der Waals surface area contributed by atoms with Gasteiger partial charge in [-0.2, -0.15) is 0 Å². The van der Waals surface area contributed by atoms with E-state index in [4.69, 9.17) is 11.6 Å². The Morgan fingerprint density at radius 1 is 1.08 bits per heavy atom. The molecule has 1 aliphatic heterocycles. The SMILES string of the molecule is CN1CCN(C[C@@H](c2cccc(Cl)c2)C2(O)CCCCC2)CC1.Cl.Cl. The molecule has 1 atom stereocenters. The summed E-state index contributed by atoms with van der Waals surface area (Å²) in [5.74, 6) is 0.157. The third kappa shape index (κ3) is 5.98.